The molecule has 11 heteroatoms. The van der Waals surface area contributed by atoms with E-state index in [1.54, 1.807) is 29.6 Å². The molecular weight excluding hydrogens is 547 g/mol. The van der Waals surface area contributed by atoms with Crippen molar-refractivity contribution in [1.29, 1.82) is 0 Å². The maximum Gasteiger partial charge on any atom is 0.409 e. The van der Waals surface area contributed by atoms with Gasteiger partial charge in [0.15, 0.2) is 10.9 Å². The number of carbonyl (C=O) groups is 1. The van der Waals surface area contributed by atoms with Gasteiger partial charge < -0.3 is 20.3 Å². The molecular formula is C29H31FN6O2S2. The Bertz CT molecular complexity index is 1440. The molecule has 1 aliphatic rings. The number of halogens is 1. The maximum atomic E-state index is 15.5. The molecule has 1 aliphatic heterocycles. The first-order valence-corrected chi connectivity index (χ1v) is 14.6. The second kappa shape index (κ2) is 12.8. The highest BCUT2D eigenvalue weighted by atomic mass is 32.2. The van der Waals surface area contributed by atoms with E-state index in [0.717, 1.165) is 28.4 Å². The summed E-state index contributed by atoms with van der Waals surface area (Å²) in [7, 11) is 1.41. The van der Waals surface area contributed by atoms with Gasteiger partial charge >= 0.3 is 6.09 Å². The molecule has 4 aromatic rings. The third-order valence-electron chi connectivity index (χ3n) is 7.07. The fourth-order valence-electron chi connectivity index (χ4n) is 4.88. The molecule has 0 spiro atoms. The molecule has 3 aromatic heterocycles. The molecule has 4 heterocycles. The van der Waals surface area contributed by atoms with Gasteiger partial charge in [-0.25, -0.2) is 19.2 Å². The summed E-state index contributed by atoms with van der Waals surface area (Å²) in [6, 6.07) is 15.9. The van der Waals surface area contributed by atoms with E-state index in [4.69, 9.17) is 4.74 Å². The highest BCUT2D eigenvalue weighted by molar-refractivity contribution is 8.01. The van der Waals surface area contributed by atoms with Crippen LogP contribution in [0.1, 0.15) is 29.7 Å². The Morgan fingerprint density at radius 2 is 1.90 bits per heavy atom. The molecule has 40 heavy (non-hydrogen) atoms. The van der Waals surface area contributed by atoms with Crippen LogP contribution in [0.2, 0.25) is 0 Å². The third kappa shape index (κ3) is 6.60. The third-order valence-corrected chi connectivity index (χ3v) is 9.12. The molecule has 0 atom stereocenters. The number of nitrogens with zero attached hydrogens (tertiary/aromatic N) is 4. The van der Waals surface area contributed by atoms with E-state index < -0.39 is 0 Å². The SMILES string of the molecule is COC(=O)N1CCC(CNCc2nccc(Sc3cnc(Nc4cc(C)ccn4)s3)c2F)(c2ccccc2)CC1. The van der Waals surface area contributed by atoms with Crippen molar-refractivity contribution >= 4 is 40.1 Å². The number of nitrogens with one attached hydrogen (secondary N) is 2. The van der Waals surface area contributed by atoms with Gasteiger partial charge in [0.2, 0.25) is 0 Å². The van der Waals surface area contributed by atoms with Crippen molar-refractivity contribution < 1.29 is 13.9 Å². The van der Waals surface area contributed by atoms with Crippen molar-refractivity contribution in [2.75, 3.05) is 32.1 Å². The van der Waals surface area contributed by atoms with Crippen molar-refractivity contribution in [2.45, 2.75) is 40.8 Å². The topological polar surface area (TPSA) is 92.3 Å². The number of rotatable bonds is 9. The van der Waals surface area contributed by atoms with Crippen LogP contribution in [0.4, 0.5) is 20.1 Å². The number of piperidine rings is 1. The predicted octanol–water partition coefficient (Wildman–Crippen LogP) is 6.17. The van der Waals surface area contributed by atoms with Crippen LogP contribution in [-0.4, -0.2) is 52.7 Å². The van der Waals surface area contributed by atoms with Gasteiger partial charge in [-0.1, -0.05) is 53.4 Å². The first kappa shape index (κ1) is 28.0. The molecule has 8 nitrogen and oxygen atoms in total. The number of hydrogen-bond donors (Lipinski definition) is 2. The van der Waals surface area contributed by atoms with Crippen LogP contribution in [0, 0.1) is 12.7 Å². The Kier molecular flexibility index (Phi) is 8.93. The van der Waals surface area contributed by atoms with E-state index in [1.165, 1.54) is 35.8 Å². The molecule has 0 saturated carbocycles. The first-order valence-electron chi connectivity index (χ1n) is 13.0. The number of aryl methyl sites for hydroxylation is 1. The minimum absolute atomic E-state index is 0.174. The monoisotopic (exact) mass is 578 g/mol. The maximum absolute atomic E-state index is 15.5. The van der Waals surface area contributed by atoms with Crippen molar-refractivity contribution in [3.05, 3.63) is 89.8 Å². The van der Waals surface area contributed by atoms with Gasteiger partial charge in [0.05, 0.1) is 28.1 Å². The second-order valence-electron chi connectivity index (χ2n) is 9.71. The number of benzene rings is 1. The summed E-state index contributed by atoms with van der Waals surface area (Å²) >= 11 is 2.77. The number of pyridine rings is 2. The quantitative estimate of drug-likeness (QED) is 0.244. The molecule has 1 saturated heterocycles. The zero-order valence-electron chi connectivity index (χ0n) is 22.4. The zero-order valence-corrected chi connectivity index (χ0v) is 24.0. The summed E-state index contributed by atoms with van der Waals surface area (Å²) in [6.07, 6.45) is 6.38. The number of amides is 1. The van der Waals surface area contributed by atoms with Gasteiger partial charge in [-0.2, -0.15) is 0 Å². The fraction of sp³-hybridized carbons (Fsp3) is 0.310. The van der Waals surface area contributed by atoms with Crippen LogP contribution in [0.15, 0.2) is 76.2 Å². The lowest BCUT2D eigenvalue weighted by molar-refractivity contribution is 0.0985. The highest BCUT2D eigenvalue weighted by Crippen LogP contribution is 2.37. The average Bonchev–Trinajstić information content (AvgIpc) is 3.42. The molecule has 208 valence electrons. The van der Waals surface area contributed by atoms with Crippen molar-refractivity contribution in [3.8, 4) is 0 Å². The van der Waals surface area contributed by atoms with Gasteiger partial charge in [0.1, 0.15) is 5.82 Å². The van der Waals surface area contributed by atoms with Crippen LogP contribution < -0.4 is 10.6 Å². The number of thiazole rings is 1. The summed E-state index contributed by atoms with van der Waals surface area (Å²) in [6.45, 7) is 4.15. The minimum Gasteiger partial charge on any atom is -0.453 e. The summed E-state index contributed by atoms with van der Waals surface area (Å²) in [4.78, 5) is 27.3. The predicted molar refractivity (Wildman–Crippen MR) is 156 cm³/mol. The van der Waals surface area contributed by atoms with Gasteiger partial charge in [-0.3, -0.25) is 4.98 Å². The van der Waals surface area contributed by atoms with Crippen LogP contribution in [0.3, 0.4) is 0 Å². The van der Waals surface area contributed by atoms with Crippen molar-refractivity contribution in [1.82, 2.24) is 25.2 Å². The van der Waals surface area contributed by atoms with E-state index in [2.05, 4.69) is 37.7 Å². The van der Waals surface area contributed by atoms with E-state index >= 15 is 4.39 Å². The fourth-order valence-corrected chi connectivity index (χ4v) is 6.77. The molecule has 2 N–H and O–H groups in total. The standard InChI is InChI=1S/C29H31FN6O2S2/c1-20-8-12-33-24(16-20)35-27-34-18-25(40-27)39-23-9-13-32-22(26(23)30)17-31-19-29(21-6-4-3-5-7-21)10-14-36(15-11-29)28(37)38-2/h3-9,12-13,16,18,31H,10-11,14-15,17,19H2,1-2H3,(H,33,34,35). The zero-order chi connectivity index (χ0) is 28.0. The number of aromatic nitrogens is 3. The van der Waals surface area contributed by atoms with Gasteiger partial charge in [-0.05, 0) is 49.1 Å². The van der Waals surface area contributed by atoms with E-state index in [0.29, 0.717) is 41.9 Å². The normalized spacial score (nSPS) is 14.6. The summed E-state index contributed by atoms with van der Waals surface area (Å²) < 4.78 is 21.3. The van der Waals surface area contributed by atoms with Crippen molar-refractivity contribution in [2.24, 2.45) is 0 Å². The van der Waals surface area contributed by atoms with Crippen LogP contribution in [-0.2, 0) is 16.7 Å². The molecule has 1 amide bonds. The van der Waals surface area contributed by atoms with Gasteiger partial charge in [0, 0.05) is 44.0 Å². The summed E-state index contributed by atoms with van der Waals surface area (Å²) in [5.41, 5.74) is 2.50. The Balaban J connectivity index is 1.23. The molecule has 0 radical (unpaired) electrons. The molecule has 5 rings (SSSR count). The minimum atomic E-state index is -0.336. The lowest BCUT2D eigenvalue weighted by atomic mass is 9.72. The van der Waals surface area contributed by atoms with Crippen LogP contribution in [0.5, 0.6) is 0 Å². The summed E-state index contributed by atoms with van der Waals surface area (Å²) in [5, 5.41) is 7.36. The first-order chi connectivity index (χ1) is 19.5. The Hall–Kier alpha value is -3.54. The lowest BCUT2D eigenvalue weighted by Crippen LogP contribution is -2.49. The average molecular weight is 579 g/mol. The van der Waals surface area contributed by atoms with Crippen LogP contribution in [0.25, 0.3) is 0 Å². The Labute approximate surface area is 241 Å². The van der Waals surface area contributed by atoms with E-state index in [-0.39, 0.29) is 17.3 Å². The summed E-state index contributed by atoms with van der Waals surface area (Å²) in [5.74, 6) is 0.385. The molecule has 0 bridgehead atoms. The van der Waals surface area contributed by atoms with Crippen molar-refractivity contribution in [3.63, 3.8) is 0 Å². The van der Waals surface area contributed by atoms with E-state index in [1.807, 2.05) is 37.3 Å². The number of methoxy groups -OCH3 is 1. The van der Waals surface area contributed by atoms with E-state index in [9.17, 15) is 4.79 Å². The van der Waals surface area contributed by atoms with Crippen LogP contribution >= 0.6 is 23.1 Å². The number of hydrogen-bond acceptors (Lipinski definition) is 9. The number of ether oxygens (including phenoxy) is 1. The molecule has 1 aromatic carbocycles. The molecule has 1 fully saturated rings. The smallest absolute Gasteiger partial charge is 0.409 e. The Morgan fingerprint density at radius 3 is 2.65 bits per heavy atom. The Morgan fingerprint density at radius 1 is 1.12 bits per heavy atom. The number of anilines is 2. The number of carbonyl (C=O) groups excluding carboxylic acids is 1. The van der Waals surface area contributed by atoms with Gasteiger partial charge in [-0.15, -0.1) is 0 Å². The highest BCUT2D eigenvalue weighted by Gasteiger charge is 2.37. The van der Waals surface area contributed by atoms with Gasteiger partial charge in [0.25, 0.3) is 0 Å². The second-order valence-corrected chi connectivity index (χ2v) is 12.1. The number of likely N-dealkylation sites (tertiary alicyclic amines) is 1. The molecule has 0 aliphatic carbocycles. The lowest BCUT2D eigenvalue weighted by Gasteiger charge is -2.42. The largest absolute Gasteiger partial charge is 0.453 e. The molecule has 0 unspecified atom stereocenters.